The summed E-state index contributed by atoms with van der Waals surface area (Å²) in [6.45, 7) is 2.31. The molecule has 1 aliphatic carbocycles. The van der Waals surface area contributed by atoms with Gasteiger partial charge in [0.15, 0.2) is 0 Å². The Labute approximate surface area is 138 Å². The van der Waals surface area contributed by atoms with Crippen LogP contribution in [0.4, 0.5) is 0 Å². The molecular formula is C13H22ClN3O2S2. The van der Waals surface area contributed by atoms with Gasteiger partial charge in [-0.15, -0.1) is 23.7 Å². The van der Waals surface area contributed by atoms with Crippen molar-refractivity contribution in [3.8, 4) is 0 Å². The maximum absolute atomic E-state index is 12.1. The van der Waals surface area contributed by atoms with E-state index in [0.29, 0.717) is 18.0 Å². The Hall–Kier alpha value is -0.500. The minimum Gasteiger partial charge on any atom is -0.348 e. The number of amides is 1. The molecule has 5 nitrogen and oxygen atoms in total. The summed E-state index contributed by atoms with van der Waals surface area (Å²) in [7, 11) is -0.772. The van der Waals surface area contributed by atoms with Gasteiger partial charge in [-0.3, -0.25) is 9.00 Å². The van der Waals surface area contributed by atoms with Crippen molar-refractivity contribution in [1.29, 1.82) is 0 Å². The van der Waals surface area contributed by atoms with Gasteiger partial charge in [0, 0.05) is 39.8 Å². The van der Waals surface area contributed by atoms with E-state index in [1.54, 1.807) is 5.38 Å². The van der Waals surface area contributed by atoms with Crippen LogP contribution in [0.1, 0.15) is 48.1 Å². The lowest BCUT2D eigenvalue weighted by Gasteiger charge is -2.28. The molecule has 2 rings (SSSR count). The third-order valence-electron chi connectivity index (χ3n) is 3.58. The van der Waals surface area contributed by atoms with Gasteiger partial charge in [0.1, 0.15) is 10.7 Å². The number of thiazole rings is 1. The van der Waals surface area contributed by atoms with E-state index in [1.165, 1.54) is 11.3 Å². The van der Waals surface area contributed by atoms with Crippen LogP contribution >= 0.6 is 23.7 Å². The summed E-state index contributed by atoms with van der Waals surface area (Å²) in [5.74, 6) is 0.547. The number of carbonyl (C=O) groups is 1. The molecule has 1 aromatic rings. The second-order valence-corrected chi connectivity index (χ2v) is 7.91. The highest BCUT2D eigenvalue weighted by atomic mass is 35.5. The number of hydrogen-bond acceptors (Lipinski definition) is 5. The standard InChI is InChI=1S/C13H21N3O2S2.ClH/c1-2-20(18)10-5-3-4-9(6-10)15-13(17)11-8-19-12(7-14)16-11;/h8-10H,2-7,14H2,1H3,(H,15,17);1H. The van der Waals surface area contributed by atoms with Crippen molar-refractivity contribution < 1.29 is 9.00 Å². The monoisotopic (exact) mass is 351 g/mol. The minimum absolute atomic E-state index is 0. The van der Waals surface area contributed by atoms with Gasteiger partial charge in [-0.1, -0.05) is 13.3 Å². The molecule has 3 atom stereocenters. The van der Waals surface area contributed by atoms with E-state index in [4.69, 9.17) is 5.73 Å². The molecule has 3 unspecified atom stereocenters. The largest absolute Gasteiger partial charge is 0.348 e. The van der Waals surface area contributed by atoms with Crippen molar-refractivity contribution in [1.82, 2.24) is 10.3 Å². The van der Waals surface area contributed by atoms with E-state index in [2.05, 4.69) is 10.3 Å². The number of nitrogens with two attached hydrogens (primary N) is 1. The molecule has 0 aliphatic heterocycles. The molecule has 1 saturated carbocycles. The fourth-order valence-electron chi connectivity index (χ4n) is 2.52. The SMILES string of the molecule is CCS(=O)C1CCCC(NC(=O)c2csc(CN)n2)C1.Cl. The summed E-state index contributed by atoms with van der Waals surface area (Å²) in [4.78, 5) is 16.3. The Morgan fingerprint density at radius 1 is 1.57 bits per heavy atom. The van der Waals surface area contributed by atoms with Crippen LogP contribution < -0.4 is 11.1 Å². The van der Waals surface area contributed by atoms with E-state index in [-0.39, 0.29) is 29.6 Å². The van der Waals surface area contributed by atoms with Gasteiger partial charge >= 0.3 is 0 Å². The molecule has 0 aromatic carbocycles. The highest BCUT2D eigenvalue weighted by Crippen LogP contribution is 2.23. The van der Waals surface area contributed by atoms with Crippen molar-refractivity contribution in [2.24, 2.45) is 5.73 Å². The summed E-state index contributed by atoms with van der Waals surface area (Å²) in [6, 6.07) is 0.111. The number of halogens is 1. The Morgan fingerprint density at radius 3 is 2.95 bits per heavy atom. The number of rotatable bonds is 5. The molecule has 1 aliphatic rings. The summed E-state index contributed by atoms with van der Waals surface area (Å²) >= 11 is 1.40. The first-order chi connectivity index (χ1) is 9.63. The van der Waals surface area contributed by atoms with Gasteiger partial charge in [0.25, 0.3) is 5.91 Å². The smallest absolute Gasteiger partial charge is 0.270 e. The molecule has 0 spiro atoms. The Balaban J connectivity index is 0.00000220. The third kappa shape index (κ3) is 5.02. The second kappa shape index (κ2) is 8.82. The van der Waals surface area contributed by atoms with Crippen molar-refractivity contribution in [2.45, 2.75) is 50.4 Å². The average molecular weight is 352 g/mol. The highest BCUT2D eigenvalue weighted by molar-refractivity contribution is 7.85. The summed E-state index contributed by atoms with van der Waals surface area (Å²) in [6.07, 6.45) is 3.78. The minimum atomic E-state index is -0.772. The maximum Gasteiger partial charge on any atom is 0.270 e. The summed E-state index contributed by atoms with van der Waals surface area (Å²) in [5, 5.41) is 5.73. The number of carbonyl (C=O) groups excluding carboxylic acids is 1. The predicted molar refractivity (Wildman–Crippen MR) is 89.4 cm³/mol. The molecule has 1 fully saturated rings. The van der Waals surface area contributed by atoms with E-state index < -0.39 is 10.8 Å². The summed E-state index contributed by atoms with van der Waals surface area (Å²) in [5.41, 5.74) is 5.94. The zero-order valence-corrected chi connectivity index (χ0v) is 14.5. The van der Waals surface area contributed by atoms with Crippen LogP contribution in [0, 0.1) is 0 Å². The lowest BCUT2D eigenvalue weighted by Crippen LogP contribution is -2.41. The topological polar surface area (TPSA) is 85.1 Å². The van der Waals surface area contributed by atoms with E-state index in [1.807, 2.05) is 6.92 Å². The van der Waals surface area contributed by atoms with Crippen LogP contribution in [0.5, 0.6) is 0 Å². The molecular weight excluding hydrogens is 330 g/mol. The van der Waals surface area contributed by atoms with Crippen LogP contribution in [0.25, 0.3) is 0 Å². The number of aromatic nitrogens is 1. The first kappa shape index (κ1) is 18.5. The lowest BCUT2D eigenvalue weighted by molar-refractivity contribution is 0.0923. The van der Waals surface area contributed by atoms with Crippen molar-refractivity contribution in [3.05, 3.63) is 16.1 Å². The zero-order valence-electron chi connectivity index (χ0n) is 12.0. The van der Waals surface area contributed by atoms with Crippen molar-refractivity contribution >= 4 is 40.5 Å². The van der Waals surface area contributed by atoms with Crippen LogP contribution in [-0.4, -0.2) is 32.1 Å². The molecule has 120 valence electrons. The van der Waals surface area contributed by atoms with Crippen LogP contribution in [0.15, 0.2) is 5.38 Å². The molecule has 0 bridgehead atoms. The Morgan fingerprint density at radius 2 is 2.33 bits per heavy atom. The van der Waals surface area contributed by atoms with E-state index in [9.17, 15) is 9.00 Å². The quantitative estimate of drug-likeness (QED) is 0.847. The summed E-state index contributed by atoms with van der Waals surface area (Å²) < 4.78 is 11.9. The molecule has 1 amide bonds. The van der Waals surface area contributed by atoms with E-state index in [0.717, 1.165) is 30.7 Å². The van der Waals surface area contributed by atoms with Gasteiger partial charge in [0.2, 0.25) is 0 Å². The molecule has 8 heteroatoms. The normalized spacial score (nSPS) is 23.1. The van der Waals surface area contributed by atoms with Crippen LogP contribution in [0.3, 0.4) is 0 Å². The van der Waals surface area contributed by atoms with Crippen molar-refractivity contribution in [2.75, 3.05) is 5.75 Å². The fourth-order valence-corrected chi connectivity index (χ4v) is 4.52. The maximum atomic E-state index is 12.1. The average Bonchev–Trinajstić information content (AvgIpc) is 2.95. The molecule has 1 aromatic heterocycles. The number of nitrogens with zero attached hydrogens (tertiary/aromatic N) is 1. The molecule has 0 saturated heterocycles. The van der Waals surface area contributed by atoms with Crippen LogP contribution in [0.2, 0.25) is 0 Å². The first-order valence-corrected chi connectivity index (χ1v) is 9.22. The number of hydrogen-bond donors (Lipinski definition) is 2. The van der Waals surface area contributed by atoms with E-state index >= 15 is 0 Å². The predicted octanol–water partition coefficient (Wildman–Crippen LogP) is 1.83. The zero-order chi connectivity index (χ0) is 14.5. The Bertz CT molecular complexity index is 496. The van der Waals surface area contributed by atoms with Gasteiger partial charge in [-0.05, 0) is 19.3 Å². The first-order valence-electron chi connectivity index (χ1n) is 6.96. The Kier molecular flexibility index (Phi) is 7.79. The van der Waals surface area contributed by atoms with Crippen LogP contribution in [-0.2, 0) is 17.3 Å². The molecule has 0 radical (unpaired) electrons. The lowest BCUT2D eigenvalue weighted by atomic mass is 9.95. The van der Waals surface area contributed by atoms with Gasteiger partial charge in [-0.25, -0.2) is 4.98 Å². The number of nitrogens with one attached hydrogen (secondary N) is 1. The molecule has 1 heterocycles. The third-order valence-corrected chi connectivity index (χ3v) is 6.19. The molecule has 3 N–H and O–H groups in total. The molecule has 21 heavy (non-hydrogen) atoms. The van der Waals surface area contributed by atoms with Gasteiger partial charge in [0.05, 0.1) is 0 Å². The van der Waals surface area contributed by atoms with Crippen molar-refractivity contribution in [3.63, 3.8) is 0 Å². The fraction of sp³-hybridized carbons (Fsp3) is 0.692. The highest BCUT2D eigenvalue weighted by Gasteiger charge is 2.27. The van der Waals surface area contributed by atoms with Gasteiger partial charge < -0.3 is 11.1 Å². The van der Waals surface area contributed by atoms with Gasteiger partial charge in [-0.2, -0.15) is 0 Å². The second-order valence-electron chi connectivity index (χ2n) is 4.96.